The van der Waals surface area contributed by atoms with E-state index in [1.807, 2.05) is 0 Å². The van der Waals surface area contributed by atoms with Crippen molar-refractivity contribution in [3.8, 4) is 0 Å². The van der Waals surface area contributed by atoms with E-state index in [2.05, 4.69) is 29.8 Å². The van der Waals surface area contributed by atoms with Crippen LogP contribution >= 0.6 is 0 Å². The smallest absolute Gasteiger partial charge is 0.0594 e. The van der Waals surface area contributed by atoms with Crippen molar-refractivity contribution < 1.29 is 4.74 Å². The molecule has 1 heterocycles. The Labute approximate surface area is 118 Å². The molecule has 0 aromatic heterocycles. The molecule has 0 radical (unpaired) electrons. The molecule has 19 heavy (non-hydrogen) atoms. The quantitative estimate of drug-likeness (QED) is 0.717. The van der Waals surface area contributed by atoms with Crippen molar-refractivity contribution in [2.24, 2.45) is 0 Å². The summed E-state index contributed by atoms with van der Waals surface area (Å²) in [6.07, 6.45) is 9.79. The Morgan fingerprint density at radius 1 is 1.32 bits per heavy atom. The van der Waals surface area contributed by atoms with Crippen LogP contribution in [0.3, 0.4) is 0 Å². The molecule has 0 aromatic carbocycles. The molecule has 1 aliphatic carbocycles. The zero-order chi connectivity index (χ0) is 13.6. The molecule has 2 aliphatic rings. The summed E-state index contributed by atoms with van der Waals surface area (Å²) in [5, 5.41) is 3.80. The van der Waals surface area contributed by atoms with Gasteiger partial charge < -0.3 is 10.1 Å². The Morgan fingerprint density at radius 2 is 2.00 bits per heavy atom. The second kappa shape index (κ2) is 7.41. The summed E-state index contributed by atoms with van der Waals surface area (Å²) >= 11 is 0. The molecule has 0 aromatic rings. The molecule has 1 saturated carbocycles. The summed E-state index contributed by atoms with van der Waals surface area (Å²) < 4.78 is 5.54. The van der Waals surface area contributed by atoms with Crippen molar-refractivity contribution in [2.45, 2.75) is 57.0 Å². The van der Waals surface area contributed by atoms with Gasteiger partial charge in [-0.25, -0.2) is 0 Å². The lowest BCUT2D eigenvalue weighted by atomic mass is 9.83. The molecule has 2 fully saturated rings. The fourth-order valence-corrected chi connectivity index (χ4v) is 3.86. The summed E-state index contributed by atoms with van der Waals surface area (Å²) in [6, 6.07) is 0.561. The third-order valence-electron chi connectivity index (χ3n) is 4.80. The zero-order valence-electron chi connectivity index (χ0n) is 12.5. The SMILES string of the molecule is C=CCC(NCCC)C1(N2CCOCC2)CCCC1. The van der Waals surface area contributed by atoms with E-state index in [4.69, 9.17) is 4.74 Å². The maximum absolute atomic E-state index is 5.54. The van der Waals surface area contributed by atoms with Crippen LogP contribution in [-0.2, 0) is 4.74 Å². The van der Waals surface area contributed by atoms with Crippen LogP contribution in [0.15, 0.2) is 12.7 Å². The van der Waals surface area contributed by atoms with Crippen molar-refractivity contribution in [1.82, 2.24) is 10.2 Å². The Morgan fingerprint density at radius 3 is 2.58 bits per heavy atom. The van der Waals surface area contributed by atoms with Gasteiger partial charge in [0.05, 0.1) is 13.2 Å². The van der Waals surface area contributed by atoms with Gasteiger partial charge in [-0.1, -0.05) is 25.8 Å². The van der Waals surface area contributed by atoms with Gasteiger partial charge in [-0.05, 0) is 32.2 Å². The van der Waals surface area contributed by atoms with Crippen molar-refractivity contribution in [3.63, 3.8) is 0 Å². The predicted molar refractivity (Wildman–Crippen MR) is 80.5 cm³/mol. The van der Waals surface area contributed by atoms with Crippen molar-refractivity contribution in [3.05, 3.63) is 12.7 Å². The summed E-state index contributed by atoms with van der Waals surface area (Å²) in [4.78, 5) is 2.71. The summed E-state index contributed by atoms with van der Waals surface area (Å²) in [5.74, 6) is 0. The van der Waals surface area contributed by atoms with Crippen LogP contribution < -0.4 is 5.32 Å². The van der Waals surface area contributed by atoms with Crippen LogP contribution in [0.2, 0.25) is 0 Å². The van der Waals surface area contributed by atoms with Gasteiger partial charge in [0.2, 0.25) is 0 Å². The highest BCUT2D eigenvalue weighted by molar-refractivity contribution is 5.05. The molecule has 0 spiro atoms. The van der Waals surface area contributed by atoms with Gasteiger partial charge in [0, 0.05) is 24.7 Å². The molecular weight excluding hydrogens is 236 g/mol. The largest absolute Gasteiger partial charge is 0.379 e. The van der Waals surface area contributed by atoms with Crippen LogP contribution in [0, 0.1) is 0 Å². The van der Waals surface area contributed by atoms with Crippen LogP contribution in [0.1, 0.15) is 45.4 Å². The second-order valence-corrected chi connectivity index (χ2v) is 5.94. The summed E-state index contributed by atoms with van der Waals surface area (Å²) in [7, 11) is 0. The molecule has 0 bridgehead atoms. The fourth-order valence-electron chi connectivity index (χ4n) is 3.86. The first-order valence-corrected chi connectivity index (χ1v) is 8.00. The Kier molecular flexibility index (Phi) is 5.86. The molecule has 1 atom stereocenters. The number of morpholine rings is 1. The van der Waals surface area contributed by atoms with E-state index in [0.717, 1.165) is 39.3 Å². The molecule has 1 saturated heterocycles. The average Bonchev–Trinajstić information content (AvgIpc) is 2.95. The number of ether oxygens (including phenoxy) is 1. The van der Waals surface area contributed by atoms with E-state index in [1.165, 1.54) is 32.1 Å². The van der Waals surface area contributed by atoms with Crippen LogP contribution in [0.25, 0.3) is 0 Å². The normalized spacial score (nSPS) is 25.3. The average molecular weight is 266 g/mol. The Balaban J connectivity index is 2.11. The van der Waals surface area contributed by atoms with Gasteiger partial charge >= 0.3 is 0 Å². The molecule has 3 nitrogen and oxygen atoms in total. The highest BCUT2D eigenvalue weighted by Gasteiger charge is 2.45. The van der Waals surface area contributed by atoms with Crippen molar-refractivity contribution in [1.29, 1.82) is 0 Å². The van der Waals surface area contributed by atoms with Crippen molar-refractivity contribution >= 4 is 0 Å². The third-order valence-corrected chi connectivity index (χ3v) is 4.80. The molecule has 1 aliphatic heterocycles. The molecule has 1 unspecified atom stereocenters. The van der Waals surface area contributed by atoms with E-state index >= 15 is 0 Å². The molecule has 1 N–H and O–H groups in total. The molecule has 3 heteroatoms. The standard InChI is InChI=1S/C16H30N2O/c1-3-7-15(17-10-4-2)16(8-5-6-9-16)18-11-13-19-14-12-18/h3,15,17H,1,4-14H2,2H3. The number of nitrogens with zero attached hydrogens (tertiary/aromatic N) is 1. The van der Waals surface area contributed by atoms with Crippen LogP contribution in [0.5, 0.6) is 0 Å². The Hall–Kier alpha value is -0.380. The minimum Gasteiger partial charge on any atom is -0.379 e. The highest BCUT2D eigenvalue weighted by Crippen LogP contribution is 2.39. The van der Waals surface area contributed by atoms with Gasteiger partial charge in [0.15, 0.2) is 0 Å². The topological polar surface area (TPSA) is 24.5 Å². The van der Waals surface area contributed by atoms with Gasteiger partial charge in [0.25, 0.3) is 0 Å². The third kappa shape index (κ3) is 3.39. The maximum atomic E-state index is 5.54. The fraction of sp³-hybridized carbons (Fsp3) is 0.875. The maximum Gasteiger partial charge on any atom is 0.0594 e. The lowest BCUT2D eigenvalue weighted by Gasteiger charge is -2.48. The molecular formula is C16H30N2O. The van der Waals surface area contributed by atoms with Crippen molar-refractivity contribution in [2.75, 3.05) is 32.8 Å². The molecule has 2 rings (SSSR count). The van der Waals surface area contributed by atoms with Gasteiger partial charge in [0.1, 0.15) is 0 Å². The second-order valence-electron chi connectivity index (χ2n) is 5.94. The summed E-state index contributed by atoms with van der Waals surface area (Å²) in [6.45, 7) is 11.3. The monoisotopic (exact) mass is 266 g/mol. The van der Waals surface area contributed by atoms with Crippen LogP contribution in [-0.4, -0.2) is 49.3 Å². The highest BCUT2D eigenvalue weighted by atomic mass is 16.5. The lowest BCUT2D eigenvalue weighted by Crippen LogP contribution is -2.62. The molecule has 0 amide bonds. The minimum atomic E-state index is 0.354. The number of nitrogens with one attached hydrogen (secondary N) is 1. The first-order chi connectivity index (χ1) is 9.33. The van der Waals surface area contributed by atoms with E-state index < -0.39 is 0 Å². The number of rotatable bonds is 7. The predicted octanol–water partition coefficient (Wildman–Crippen LogP) is 2.58. The summed E-state index contributed by atoms with van der Waals surface area (Å²) in [5.41, 5.74) is 0.354. The van der Waals surface area contributed by atoms with Gasteiger partial charge in [-0.2, -0.15) is 0 Å². The first-order valence-electron chi connectivity index (χ1n) is 8.00. The van der Waals surface area contributed by atoms with Gasteiger partial charge in [-0.15, -0.1) is 6.58 Å². The van der Waals surface area contributed by atoms with E-state index in [1.54, 1.807) is 0 Å². The zero-order valence-corrected chi connectivity index (χ0v) is 12.5. The van der Waals surface area contributed by atoms with Gasteiger partial charge in [-0.3, -0.25) is 4.90 Å². The van der Waals surface area contributed by atoms with E-state index in [9.17, 15) is 0 Å². The molecule has 110 valence electrons. The first kappa shape index (κ1) is 15.0. The van der Waals surface area contributed by atoms with Crippen LogP contribution in [0.4, 0.5) is 0 Å². The number of hydrogen-bond acceptors (Lipinski definition) is 3. The lowest BCUT2D eigenvalue weighted by molar-refractivity contribution is -0.0353. The van der Waals surface area contributed by atoms with E-state index in [0.29, 0.717) is 11.6 Å². The number of hydrogen-bond donors (Lipinski definition) is 1. The van der Waals surface area contributed by atoms with E-state index in [-0.39, 0.29) is 0 Å². The Bertz CT molecular complexity index is 268. The minimum absolute atomic E-state index is 0.354.